The van der Waals surface area contributed by atoms with Crippen LogP contribution in [0.4, 0.5) is 0 Å². The van der Waals surface area contributed by atoms with Gasteiger partial charge in [-0.1, -0.05) is 12.8 Å². The fourth-order valence-corrected chi connectivity index (χ4v) is 7.76. The SMILES string of the molecule is C#C[C@@]1(O)CC[C@H]2[C@@H]3CCC4(OC)CC(=O)CC[C@@H]4[C@H]3CC[C@@]21CC. The molecule has 4 aliphatic rings. The molecular formula is C22H32O3. The average molecular weight is 344 g/mol. The van der Waals surface area contributed by atoms with Gasteiger partial charge in [-0.3, -0.25) is 4.79 Å². The molecule has 1 N–H and O–H groups in total. The zero-order valence-electron chi connectivity index (χ0n) is 15.7. The summed E-state index contributed by atoms with van der Waals surface area (Å²) in [5, 5.41) is 11.2. The van der Waals surface area contributed by atoms with Crippen LogP contribution in [0.3, 0.4) is 0 Å². The minimum atomic E-state index is -0.921. The Morgan fingerprint density at radius 3 is 2.56 bits per heavy atom. The molecular weight excluding hydrogens is 312 g/mol. The molecule has 4 rings (SSSR count). The fourth-order valence-electron chi connectivity index (χ4n) is 7.76. The Balaban J connectivity index is 1.67. The Kier molecular flexibility index (Phi) is 4.09. The number of ether oxygens (including phenoxy) is 1. The summed E-state index contributed by atoms with van der Waals surface area (Å²) in [7, 11) is 1.80. The number of carbonyl (C=O) groups excluding carboxylic acids is 1. The van der Waals surface area contributed by atoms with Gasteiger partial charge < -0.3 is 9.84 Å². The van der Waals surface area contributed by atoms with Gasteiger partial charge in [0, 0.05) is 25.4 Å². The van der Waals surface area contributed by atoms with E-state index in [2.05, 4.69) is 12.8 Å². The van der Waals surface area contributed by atoms with Crippen LogP contribution in [0.1, 0.15) is 71.1 Å². The smallest absolute Gasteiger partial charge is 0.135 e. The van der Waals surface area contributed by atoms with Crippen LogP contribution in [-0.4, -0.2) is 29.2 Å². The molecule has 0 bridgehead atoms. The molecule has 0 aromatic carbocycles. The van der Waals surface area contributed by atoms with Gasteiger partial charge in [-0.15, -0.1) is 6.42 Å². The molecule has 0 aromatic heterocycles. The van der Waals surface area contributed by atoms with Gasteiger partial charge in [0.05, 0.1) is 5.60 Å². The zero-order valence-corrected chi connectivity index (χ0v) is 15.7. The van der Waals surface area contributed by atoms with Crippen LogP contribution < -0.4 is 0 Å². The monoisotopic (exact) mass is 344 g/mol. The Hall–Kier alpha value is -0.850. The van der Waals surface area contributed by atoms with Crippen molar-refractivity contribution in [1.29, 1.82) is 0 Å². The third-order valence-corrected chi connectivity index (χ3v) is 8.94. The van der Waals surface area contributed by atoms with E-state index in [0.29, 0.717) is 35.9 Å². The lowest BCUT2D eigenvalue weighted by Gasteiger charge is -2.60. The molecule has 3 nitrogen and oxygen atoms in total. The molecule has 0 aliphatic heterocycles. The normalized spacial score (nSPS) is 52.0. The number of aliphatic hydroxyl groups is 1. The van der Waals surface area contributed by atoms with E-state index in [1.165, 1.54) is 0 Å². The quantitative estimate of drug-likeness (QED) is 0.777. The molecule has 0 aromatic rings. The molecule has 0 heterocycles. The van der Waals surface area contributed by atoms with Gasteiger partial charge in [-0.25, -0.2) is 0 Å². The highest BCUT2D eigenvalue weighted by atomic mass is 16.5. The van der Waals surface area contributed by atoms with Crippen LogP contribution in [0, 0.1) is 41.4 Å². The summed E-state index contributed by atoms with van der Waals surface area (Å²) in [5.74, 6) is 5.47. The molecule has 7 atom stereocenters. The second-order valence-corrected chi connectivity index (χ2v) is 9.19. The highest BCUT2D eigenvalue weighted by Crippen LogP contribution is 2.67. The van der Waals surface area contributed by atoms with E-state index >= 15 is 0 Å². The summed E-state index contributed by atoms with van der Waals surface area (Å²) in [6.45, 7) is 2.21. The molecule has 4 fully saturated rings. The van der Waals surface area contributed by atoms with Crippen molar-refractivity contribution in [3.63, 3.8) is 0 Å². The van der Waals surface area contributed by atoms with Crippen molar-refractivity contribution in [3.8, 4) is 12.3 Å². The van der Waals surface area contributed by atoms with Crippen LogP contribution in [0.5, 0.6) is 0 Å². The summed E-state index contributed by atoms with van der Waals surface area (Å²) in [4.78, 5) is 12.1. The molecule has 0 saturated heterocycles. The first-order valence-corrected chi connectivity index (χ1v) is 10.2. The maximum absolute atomic E-state index is 12.1. The van der Waals surface area contributed by atoms with E-state index < -0.39 is 5.60 Å². The minimum absolute atomic E-state index is 0.0968. The molecule has 0 spiro atoms. The molecule has 25 heavy (non-hydrogen) atoms. The number of hydrogen-bond acceptors (Lipinski definition) is 3. The molecule has 4 saturated carbocycles. The largest absolute Gasteiger partial charge is 0.377 e. The number of Topliss-reactive ketones (excluding diaryl/α,β-unsaturated/α-hetero) is 1. The number of carbonyl (C=O) groups is 1. The van der Waals surface area contributed by atoms with E-state index in [1.54, 1.807) is 7.11 Å². The Morgan fingerprint density at radius 2 is 1.88 bits per heavy atom. The summed E-state index contributed by atoms with van der Waals surface area (Å²) in [6.07, 6.45) is 15.2. The van der Waals surface area contributed by atoms with E-state index in [0.717, 1.165) is 57.8 Å². The van der Waals surface area contributed by atoms with Crippen molar-refractivity contribution < 1.29 is 14.6 Å². The molecule has 3 heteroatoms. The van der Waals surface area contributed by atoms with Crippen molar-refractivity contribution >= 4 is 5.78 Å². The summed E-state index contributed by atoms with van der Waals surface area (Å²) < 4.78 is 6.02. The number of rotatable bonds is 2. The maximum atomic E-state index is 12.1. The third kappa shape index (κ3) is 2.17. The Labute approximate surface area is 151 Å². The van der Waals surface area contributed by atoms with Gasteiger partial charge in [0.15, 0.2) is 0 Å². The number of methoxy groups -OCH3 is 1. The zero-order chi connectivity index (χ0) is 17.9. The average Bonchev–Trinajstić information content (AvgIpc) is 2.95. The first kappa shape index (κ1) is 17.6. The van der Waals surface area contributed by atoms with Crippen molar-refractivity contribution in [2.45, 2.75) is 82.3 Å². The van der Waals surface area contributed by atoms with Gasteiger partial charge in [0.25, 0.3) is 0 Å². The second kappa shape index (κ2) is 5.83. The van der Waals surface area contributed by atoms with Gasteiger partial charge in [0.2, 0.25) is 0 Å². The van der Waals surface area contributed by atoms with Gasteiger partial charge in [0.1, 0.15) is 11.4 Å². The highest BCUT2D eigenvalue weighted by Gasteiger charge is 2.65. The summed E-state index contributed by atoms with van der Waals surface area (Å²) >= 11 is 0. The summed E-state index contributed by atoms with van der Waals surface area (Å²) in [6, 6.07) is 0. The van der Waals surface area contributed by atoms with E-state index in [4.69, 9.17) is 11.2 Å². The van der Waals surface area contributed by atoms with Crippen LogP contribution in [-0.2, 0) is 9.53 Å². The fraction of sp³-hybridized carbons (Fsp3) is 0.864. The molecule has 0 radical (unpaired) electrons. The predicted octanol–water partition coefficient (Wildman–Crippen LogP) is 3.73. The molecule has 0 amide bonds. The lowest BCUT2D eigenvalue weighted by molar-refractivity contribution is -0.182. The second-order valence-electron chi connectivity index (χ2n) is 9.19. The van der Waals surface area contributed by atoms with Gasteiger partial charge >= 0.3 is 0 Å². The van der Waals surface area contributed by atoms with Crippen molar-refractivity contribution in [1.82, 2.24) is 0 Å². The van der Waals surface area contributed by atoms with Crippen LogP contribution in [0.2, 0.25) is 0 Å². The molecule has 4 aliphatic carbocycles. The number of terminal acetylenes is 1. The molecule has 138 valence electrons. The highest BCUT2D eigenvalue weighted by molar-refractivity contribution is 5.80. The van der Waals surface area contributed by atoms with E-state index in [1.807, 2.05) is 0 Å². The van der Waals surface area contributed by atoms with Crippen LogP contribution in [0.15, 0.2) is 0 Å². The number of fused-ring (bicyclic) bond motifs is 5. The van der Waals surface area contributed by atoms with E-state index in [9.17, 15) is 9.90 Å². The van der Waals surface area contributed by atoms with Gasteiger partial charge in [-0.05, 0) is 75.0 Å². The number of hydrogen-bond donors (Lipinski definition) is 1. The topological polar surface area (TPSA) is 46.5 Å². The predicted molar refractivity (Wildman–Crippen MR) is 96.8 cm³/mol. The summed E-state index contributed by atoms with van der Waals surface area (Å²) in [5.41, 5.74) is -1.24. The van der Waals surface area contributed by atoms with Gasteiger partial charge in [-0.2, -0.15) is 0 Å². The standard InChI is InChI=1S/C22H32O3/c1-4-20-11-8-17-16(18(20)10-13-22(20,24)5-2)9-12-21(25-3)14-15(23)6-7-19(17)21/h2,16-19,24H,4,6-14H2,1,3H3/t16-,17+,18+,19-,20+,21?,22-/m1/s1. The van der Waals surface area contributed by atoms with Crippen molar-refractivity contribution in [2.24, 2.45) is 29.1 Å². The van der Waals surface area contributed by atoms with Crippen molar-refractivity contribution in [3.05, 3.63) is 0 Å². The molecule has 1 unspecified atom stereocenters. The van der Waals surface area contributed by atoms with Crippen molar-refractivity contribution in [2.75, 3.05) is 7.11 Å². The third-order valence-electron chi connectivity index (χ3n) is 8.94. The van der Waals surface area contributed by atoms with Crippen LogP contribution in [0.25, 0.3) is 0 Å². The Morgan fingerprint density at radius 1 is 1.16 bits per heavy atom. The minimum Gasteiger partial charge on any atom is -0.377 e. The van der Waals surface area contributed by atoms with E-state index in [-0.39, 0.29) is 11.0 Å². The van der Waals surface area contributed by atoms with Crippen LogP contribution >= 0.6 is 0 Å². The maximum Gasteiger partial charge on any atom is 0.135 e. The first-order chi connectivity index (χ1) is 12.0. The Bertz CT molecular complexity index is 607. The lowest BCUT2D eigenvalue weighted by atomic mass is 9.47. The first-order valence-electron chi connectivity index (χ1n) is 10.2. The lowest BCUT2D eigenvalue weighted by Crippen LogP contribution is -2.59. The number of ketones is 1.